The van der Waals surface area contributed by atoms with Gasteiger partial charge in [-0.1, -0.05) is 31.6 Å². The first-order valence-corrected chi connectivity index (χ1v) is 10.6. The van der Waals surface area contributed by atoms with Crippen molar-refractivity contribution < 1.29 is 14.0 Å². The smallest absolute Gasteiger partial charge is 0.286 e. The monoisotopic (exact) mass is 409 g/mol. The summed E-state index contributed by atoms with van der Waals surface area (Å²) in [5.41, 5.74) is 2.08. The third-order valence-corrected chi connectivity index (χ3v) is 5.95. The largest absolute Gasteiger partial charge is 0.459 e. The molecule has 3 rings (SSSR count). The fourth-order valence-corrected chi connectivity index (χ4v) is 4.20. The van der Waals surface area contributed by atoms with Crippen LogP contribution in [0.25, 0.3) is 0 Å². The van der Waals surface area contributed by atoms with Crippen molar-refractivity contribution in [3.05, 3.63) is 65.9 Å². The molecule has 0 saturated carbocycles. The number of nitrogens with one attached hydrogen (secondary N) is 2. The second-order valence-corrected chi connectivity index (χ2v) is 8.40. The van der Waals surface area contributed by atoms with E-state index in [0.29, 0.717) is 37.1 Å². The molecule has 0 saturated heterocycles. The number of carbonyl (C=O) groups excluding carboxylic acids is 2. The van der Waals surface area contributed by atoms with Gasteiger partial charge in [-0.05, 0) is 61.3 Å². The highest BCUT2D eigenvalue weighted by Gasteiger charge is 2.32. The number of rotatable bonds is 8. The second kappa shape index (κ2) is 10.2. The zero-order chi connectivity index (χ0) is 21.5. The summed E-state index contributed by atoms with van der Waals surface area (Å²) < 4.78 is 5.17. The summed E-state index contributed by atoms with van der Waals surface area (Å²) in [6.07, 6.45) is 6.89. The summed E-state index contributed by atoms with van der Waals surface area (Å²) in [4.78, 5) is 29.0. The molecule has 6 heteroatoms. The number of hydrogen-bond donors (Lipinski definition) is 2. The molecule has 1 aliphatic rings. The van der Waals surface area contributed by atoms with Gasteiger partial charge in [0.2, 0.25) is 5.91 Å². The van der Waals surface area contributed by atoms with E-state index in [1.165, 1.54) is 11.8 Å². The number of nitrogens with zero attached hydrogens (tertiary/aromatic N) is 1. The van der Waals surface area contributed by atoms with Crippen LogP contribution in [0.2, 0.25) is 0 Å². The van der Waals surface area contributed by atoms with Gasteiger partial charge in [0.15, 0.2) is 5.76 Å². The van der Waals surface area contributed by atoms with Crippen LogP contribution in [0.1, 0.15) is 49.9 Å². The van der Waals surface area contributed by atoms with Gasteiger partial charge in [0.05, 0.1) is 18.5 Å². The molecule has 0 bridgehead atoms. The van der Waals surface area contributed by atoms with Crippen molar-refractivity contribution in [1.29, 1.82) is 0 Å². The Morgan fingerprint density at radius 2 is 2.03 bits per heavy atom. The first kappa shape index (κ1) is 21.8. The number of carbonyl (C=O) groups is 2. The Morgan fingerprint density at radius 3 is 2.70 bits per heavy atom. The predicted octanol–water partition coefficient (Wildman–Crippen LogP) is 3.97. The molecule has 3 unspecified atom stereocenters. The number of hydrogen-bond acceptors (Lipinski definition) is 4. The van der Waals surface area contributed by atoms with E-state index in [4.69, 9.17) is 4.42 Å². The lowest BCUT2D eigenvalue weighted by Crippen LogP contribution is -2.37. The Hall–Kier alpha value is -2.89. The molecule has 0 aromatic carbocycles. The second-order valence-electron chi connectivity index (χ2n) is 8.40. The Bertz CT molecular complexity index is 859. The van der Waals surface area contributed by atoms with Crippen molar-refractivity contribution in [1.82, 2.24) is 15.6 Å². The summed E-state index contributed by atoms with van der Waals surface area (Å²) >= 11 is 0. The average Bonchev–Trinajstić information content (AvgIpc) is 3.27. The van der Waals surface area contributed by atoms with E-state index in [1.54, 1.807) is 18.3 Å². The van der Waals surface area contributed by atoms with Crippen LogP contribution in [0.3, 0.4) is 0 Å². The van der Waals surface area contributed by atoms with Crippen LogP contribution < -0.4 is 10.6 Å². The summed E-state index contributed by atoms with van der Waals surface area (Å²) in [5.74, 6) is 1.51. The zero-order valence-corrected chi connectivity index (χ0v) is 17.9. The summed E-state index contributed by atoms with van der Waals surface area (Å²) in [7, 11) is 0. The van der Waals surface area contributed by atoms with E-state index in [-0.39, 0.29) is 23.7 Å². The minimum Gasteiger partial charge on any atom is -0.459 e. The SMILES string of the molecule is CC1=CC(CNC(=O)c2ccco2)C(C(C)C)CC1CC(=O)NCc1ccccn1. The number of aromatic nitrogens is 1. The molecular weight excluding hydrogens is 378 g/mol. The quantitative estimate of drug-likeness (QED) is 0.646. The molecule has 2 aromatic rings. The molecule has 160 valence electrons. The van der Waals surface area contributed by atoms with E-state index >= 15 is 0 Å². The molecule has 1 aliphatic carbocycles. The first-order chi connectivity index (χ1) is 14.4. The molecule has 0 radical (unpaired) electrons. The Balaban J connectivity index is 1.57. The average molecular weight is 410 g/mol. The van der Waals surface area contributed by atoms with E-state index in [0.717, 1.165) is 12.1 Å². The van der Waals surface area contributed by atoms with Crippen molar-refractivity contribution in [3.63, 3.8) is 0 Å². The third kappa shape index (κ3) is 5.81. The lowest BCUT2D eigenvalue weighted by atomic mass is 9.69. The molecular formula is C24H31N3O3. The highest BCUT2D eigenvalue weighted by Crippen LogP contribution is 2.38. The minimum absolute atomic E-state index is 0.0467. The molecule has 2 aromatic heterocycles. The molecule has 2 N–H and O–H groups in total. The predicted molar refractivity (Wildman–Crippen MR) is 115 cm³/mol. The van der Waals surface area contributed by atoms with Crippen LogP contribution in [0.15, 0.2) is 58.9 Å². The number of pyridine rings is 1. The van der Waals surface area contributed by atoms with Gasteiger partial charge < -0.3 is 15.1 Å². The Kier molecular flexibility index (Phi) is 7.44. The lowest BCUT2D eigenvalue weighted by Gasteiger charge is -2.37. The van der Waals surface area contributed by atoms with Crippen molar-refractivity contribution >= 4 is 11.8 Å². The van der Waals surface area contributed by atoms with E-state index in [1.807, 2.05) is 18.2 Å². The third-order valence-electron chi connectivity index (χ3n) is 5.95. The van der Waals surface area contributed by atoms with Crippen LogP contribution in [-0.4, -0.2) is 23.3 Å². The minimum atomic E-state index is -0.190. The summed E-state index contributed by atoms with van der Waals surface area (Å²) in [6.45, 7) is 7.52. The van der Waals surface area contributed by atoms with E-state index < -0.39 is 0 Å². The normalized spacial score (nSPS) is 21.2. The topological polar surface area (TPSA) is 84.2 Å². The van der Waals surface area contributed by atoms with Crippen molar-refractivity contribution in [2.24, 2.45) is 23.7 Å². The molecule has 0 spiro atoms. The van der Waals surface area contributed by atoms with Crippen molar-refractivity contribution in [2.45, 2.75) is 40.2 Å². The van der Waals surface area contributed by atoms with Crippen LogP contribution in [0, 0.1) is 23.7 Å². The molecule has 0 aliphatic heterocycles. The van der Waals surface area contributed by atoms with E-state index in [9.17, 15) is 9.59 Å². The van der Waals surface area contributed by atoms with Gasteiger partial charge >= 0.3 is 0 Å². The Labute approximate surface area is 178 Å². The number of allylic oxidation sites excluding steroid dienone is 1. The maximum Gasteiger partial charge on any atom is 0.286 e. The summed E-state index contributed by atoms with van der Waals surface area (Å²) in [5, 5.41) is 5.97. The van der Waals surface area contributed by atoms with Crippen molar-refractivity contribution in [3.8, 4) is 0 Å². The standard InChI is InChI=1S/C24H31N3O3/c1-16(2)21-12-18(13-23(28)26-15-20-7-4-5-9-25-20)17(3)11-19(21)14-27-24(29)22-8-6-10-30-22/h4-11,16,18-19,21H,12-15H2,1-3H3,(H,26,28)(H,27,29). The molecule has 3 atom stereocenters. The van der Waals surface area contributed by atoms with Gasteiger partial charge in [-0.3, -0.25) is 14.6 Å². The van der Waals surface area contributed by atoms with Gasteiger partial charge in [-0.2, -0.15) is 0 Å². The van der Waals surface area contributed by atoms with Crippen LogP contribution in [0.4, 0.5) is 0 Å². The molecule has 6 nitrogen and oxygen atoms in total. The van der Waals surface area contributed by atoms with E-state index in [2.05, 4.69) is 42.5 Å². The van der Waals surface area contributed by atoms with Crippen LogP contribution >= 0.6 is 0 Å². The molecule has 2 heterocycles. The first-order valence-electron chi connectivity index (χ1n) is 10.6. The van der Waals surface area contributed by atoms with Gasteiger partial charge in [0.1, 0.15) is 0 Å². The van der Waals surface area contributed by atoms with Gasteiger partial charge in [-0.15, -0.1) is 0 Å². The lowest BCUT2D eigenvalue weighted by molar-refractivity contribution is -0.122. The number of furan rings is 1. The summed E-state index contributed by atoms with van der Waals surface area (Å²) in [6, 6.07) is 9.06. The fraction of sp³-hybridized carbons (Fsp3) is 0.458. The highest BCUT2D eigenvalue weighted by atomic mass is 16.3. The maximum atomic E-state index is 12.5. The highest BCUT2D eigenvalue weighted by molar-refractivity contribution is 5.91. The maximum absolute atomic E-state index is 12.5. The van der Waals surface area contributed by atoms with Crippen molar-refractivity contribution in [2.75, 3.05) is 6.54 Å². The number of amides is 2. The van der Waals surface area contributed by atoms with Crippen LogP contribution in [0.5, 0.6) is 0 Å². The zero-order valence-electron chi connectivity index (χ0n) is 17.9. The molecule has 30 heavy (non-hydrogen) atoms. The van der Waals surface area contributed by atoms with Gasteiger partial charge in [-0.25, -0.2) is 0 Å². The Morgan fingerprint density at radius 1 is 1.20 bits per heavy atom. The molecule has 2 amide bonds. The van der Waals surface area contributed by atoms with Crippen LogP contribution in [-0.2, 0) is 11.3 Å². The molecule has 0 fully saturated rings. The van der Waals surface area contributed by atoms with Gasteiger partial charge in [0, 0.05) is 19.2 Å². The fourth-order valence-electron chi connectivity index (χ4n) is 4.20. The van der Waals surface area contributed by atoms with Gasteiger partial charge in [0.25, 0.3) is 5.91 Å².